The lowest BCUT2D eigenvalue weighted by molar-refractivity contribution is -0.147. The molecule has 1 aromatic rings. The maximum atomic E-state index is 12.4. The molecule has 2 rings (SSSR count). The lowest BCUT2D eigenvalue weighted by Crippen LogP contribution is -2.36. The van der Waals surface area contributed by atoms with Gasteiger partial charge in [-0.3, -0.25) is 9.59 Å². The van der Waals surface area contributed by atoms with Crippen LogP contribution in [0.25, 0.3) is 0 Å². The van der Waals surface area contributed by atoms with E-state index in [1.54, 1.807) is 18.2 Å². The van der Waals surface area contributed by atoms with Gasteiger partial charge in [-0.1, -0.05) is 12.8 Å². The van der Waals surface area contributed by atoms with Crippen molar-refractivity contribution < 1.29 is 24.2 Å². The second-order valence-corrected chi connectivity index (χ2v) is 5.39. The molecule has 6 heteroatoms. The predicted molar refractivity (Wildman–Crippen MR) is 81.3 cm³/mol. The van der Waals surface area contributed by atoms with Crippen molar-refractivity contribution in [2.24, 2.45) is 11.8 Å². The smallest absolute Gasteiger partial charge is 0.307 e. The van der Waals surface area contributed by atoms with E-state index in [1.807, 2.05) is 0 Å². The number of ether oxygens (including phenoxy) is 2. The van der Waals surface area contributed by atoms with Crippen molar-refractivity contribution in [3.63, 3.8) is 0 Å². The van der Waals surface area contributed by atoms with Crippen LogP contribution in [0.3, 0.4) is 0 Å². The minimum Gasteiger partial charge on any atom is -0.493 e. The molecule has 1 aliphatic rings. The average Bonchev–Trinajstić information content (AvgIpc) is 2.54. The molecule has 0 saturated heterocycles. The molecule has 1 amide bonds. The first-order valence-electron chi connectivity index (χ1n) is 7.32. The second kappa shape index (κ2) is 7.15. The number of rotatable bonds is 5. The Hall–Kier alpha value is -2.24. The van der Waals surface area contributed by atoms with Crippen molar-refractivity contribution in [3.05, 3.63) is 18.2 Å². The van der Waals surface area contributed by atoms with E-state index in [0.717, 1.165) is 12.8 Å². The summed E-state index contributed by atoms with van der Waals surface area (Å²) in [6, 6.07) is 5.07. The number of hydrogen-bond donors (Lipinski definition) is 2. The number of carboxylic acids is 1. The van der Waals surface area contributed by atoms with Gasteiger partial charge in [0, 0.05) is 11.8 Å². The Kier molecular flexibility index (Phi) is 5.25. The summed E-state index contributed by atoms with van der Waals surface area (Å²) in [6.45, 7) is 0. The highest BCUT2D eigenvalue weighted by atomic mass is 16.5. The maximum Gasteiger partial charge on any atom is 0.307 e. The number of benzene rings is 1. The molecule has 2 unspecified atom stereocenters. The summed E-state index contributed by atoms with van der Waals surface area (Å²) in [7, 11) is 3.06. The van der Waals surface area contributed by atoms with Crippen LogP contribution in [0.1, 0.15) is 25.7 Å². The Labute approximate surface area is 129 Å². The van der Waals surface area contributed by atoms with Gasteiger partial charge >= 0.3 is 5.97 Å². The summed E-state index contributed by atoms with van der Waals surface area (Å²) in [5.41, 5.74) is 0.567. The third-order valence-electron chi connectivity index (χ3n) is 4.07. The highest BCUT2D eigenvalue weighted by molar-refractivity contribution is 5.95. The maximum absolute atomic E-state index is 12.4. The molecular weight excluding hydrogens is 286 g/mol. The Morgan fingerprint density at radius 3 is 2.32 bits per heavy atom. The minimum atomic E-state index is -0.896. The number of carboxylic acid groups (broad SMARTS) is 1. The molecule has 120 valence electrons. The fourth-order valence-corrected chi connectivity index (χ4v) is 2.89. The molecule has 0 bridgehead atoms. The van der Waals surface area contributed by atoms with Crippen LogP contribution >= 0.6 is 0 Å². The zero-order valence-corrected chi connectivity index (χ0v) is 12.8. The van der Waals surface area contributed by atoms with Crippen molar-refractivity contribution in [1.29, 1.82) is 0 Å². The number of hydrogen-bond acceptors (Lipinski definition) is 4. The van der Waals surface area contributed by atoms with Crippen molar-refractivity contribution in [1.82, 2.24) is 0 Å². The lowest BCUT2D eigenvalue weighted by atomic mass is 9.78. The summed E-state index contributed by atoms with van der Waals surface area (Å²) in [5.74, 6) is -1.15. The van der Waals surface area contributed by atoms with E-state index in [4.69, 9.17) is 9.47 Å². The molecule has 0 aliphatic heterocycles. The van der Waals surface area contributed by atoms with E-state index < -0.39 is 17.8 Å². The quantitative estimate of drug-likeness (QED) is 0.873. The summed E-state index contributed by atoms with van der Waals surface area (Å²) in [5, 5.41) is 12.0. The molecule has 22 heavy (non-hydrogen) atoms. The number of aliphatic carboxylic acids is 1. The molecular formula is C16H21NO5. The normalized spacial score (nSPS) is 21.0. The van der Waals surface area contributed by atoms with Gasteiger partial charge in [-0.05, 0) is 25.0 Å². The van der Waals surface area contributed by atoms with Gasteiger partial charge in [-0.25, -0.2) is 0 Å². The van der Waals surface area contributed by atoms with Gasteiger partial charge in [-0.15, -0.1) is 0 Å². The first kappa shape index (κ1) is 16.1. The van der Waals surface area contributed by atoms with Crippen molar-refractivity contribution >= 4 is 17.6 Å². The molecule has 1 saturated carbocycles. The van der Waals surface area contributed by atoms with Gasteiger partial charge in [0.2, 0.25) is 5.91 Å². The topological polar surface area (TPSA) is 84.9 Å². The summed E-state index contributed by atoms with van der Waals surface area (Å²) in [6.07, 6.45) is 2.90. The van der Waals surface area contributed by atoms with E-state index in [1.165, 1.54) is 14.2 Å². The molecule has 2 N–H and O–H groups in total. The third-order valence-corrected chi connectivity index (χ3v) is 4.07. The number of anilines is 1. The van der Waals surface area contributed by atoms with Crippen molar-refractivity contribution in [3.8, 4) is 11.5 Å². The van der Waals surface area contributed by atoms with Crippen LogP contribution in [0.15, 0.2) is 18.2 Å². The van der Waals surface area contributed by atoms with Gasteiger partial charge < -0.3 is 19.9 Å². The Balaban J connectivity index is 2.12. The molecule has 6 nitrogen and oxygen atoms in total. The number of amides is 1. The Bertz CT molecular complexity index is 557. The molecule has 0 radical (unpaired) electrons. The van der Waals surface area contributed by atoms with Crippen LogP contribution in [0.4, 0.5) is 5.69 Å². The van der Waals surface area contributed by atoms with Crippen LogP contribution in [-0.2, 0) is 9.59 Å². The summed E-state index contributed by atoms with van der Waals surface area (Å²) >= 11 is 0. The van der Waals surface area contributed by atoms with Gasteiger partial charge in [-0.2, -0.15) is 0 Å². The Morgan fingerprint density at radius 1 is 1.09 bits per heavy atom. The molecule has 0 aromatic heterocycles. The highest BCUT2D eigenvalue weighted by Crippen LogP contribution is 2.33. The van der Waals surface area contributed by atoms with E-state index in [0.29, 0.717) is 30.0 Å². The van der Waals surface area contributed by atoms with Crippen LogP contribution in [0.2, 0.25) is 0 Å². The van der Waals surface area contributed by atoms with Crippen LogP contribution < -0.4 is 14.8 Å². The minimum absolute atomic E-state index is 0.251. The number of carbonyl (C=O) groups excluding carboxylic acids is 1. The standard InChI is InChI=1S/C16H21NO5/c1-21-13-8-7-10(9-14(13)22-2)17-15(18)11-5-3-4-6-12(11)16(19)20/h7-9,11-12H,3-6H2,1-2H3,(H,17,18)(H,19,20). The first-order chi connectivity index (χ1) is 10.6. The molecule has 0 spiro atoms. The van der Waals surface area contributed by atoms with E-state index >= 15 is 0 Å². The summed E-state index contributed by atoms with van der Waals surface area (Å²) < 4.78 is 10.3. The van der Waals surface area contributed by atoms with Crippen LogP contribution in [0.5, 0.6) is 11.5 Å². The molecule has 1 aliphatic carbocycles. The zero-order valence-electron chi connectivity index (χ0n) is 12.8. The van der Waals surface area contributed by atoms with Crippen LogP contribution in [-0.4, -0.2) is 31.2 Å². The van der Waals surface area contributed by atoms with Gasteiger partial charge in [0.1, 0.15) is 0 Å². The zero-order chi connectivity index (χ0) is 16.1. The van der Waals surface area contributed by atoms with E-state index in [9.17, 15) is 14.7 Å². The number of carbonyl (C=O) groups is 2. The lowest BCUT2D eigenvalue weighted by Gasteiger charge is -2.27. The monoisotopic (exact) mass is 307 g/mol. The number of nitrogens with one attached hydrogen (secondary N) is 1. The fourth-order valence-electron chi connectivity index (χ4n) is 2.89. The summed E-state index contributed by atoms with van der Waals surface area (Å²) in [4.78, 5) is 23.7. The highest BCUT2D eigenvalue weighted by Gasteiger charge is 2.35. The molecule has 0 heterocycles. The number of methoxy groups -OCH3 is 2. The largest absolute Gasteiger partial charge is 0.493 e. The third kappa shape index (κ3) is 3.50. The van der Waals surface area contributed by atoms with Gasteiger partial charge in [0.15, 0.2) is 11.5 Å². The second-order valence-electron chi connectivity index (χ2n) is 5.39. The Morgan fingerprint density at radius 2 is 1.73 bits per heavy atom. The predicted octanol–water partition coefficient (Wildman–Crippen LogP) is 2.53. The van der Waals surface area contributed by atoms with E-state index in [2.05, 4.69) is 5.32 Å². The van der Waals surface area contributed by atoms with Crippen molar-refractivity contribution in [2.45, 2.75) is 25.7 Å². The molecule has 1 fully saturated rings. The van der Waals surface area contributed by atoms with E-state index in [-0.39, 0.29) is 5.91 Å². The molecule has 1 aromatic carbocycles. The SMILES string of the molecule is COc1ccc(NC(=O)C2CCCCC2C(=O)O)cc1OC. The average molecular weight is 307 g/mol. The van der Waals surface area contributed by atoms with Crippen LogP contribution in [0, 0.1) is 11.8 Å². The molecule has 2 atom stereocenters. The first-order valence-corrected chi connectivity index (χ1v) is 7.32. The van der Waals surface area contributed by atoms with Gasteiger partial charge in [0.25, 0.3) is 0 Å². The fraction of sp³-hybridized carbons (Fsp3) is 0.500. The van der Waals surface area contributed by atoms with Crippen molar-refractivity contribution in [2.75, 3.05) is 19.5 Å². The van der Waals surface area contributed by atoms with Gasteiger partial charge in [0.05, 0.1) is 26.1 Å².